The lowest BCUT2D eigenvalue weighted by Gasteiger charge is -2.16. The minimum Gasteiger partial charge on any atom is -0.497 e. The van der Waals surface area contributed by atoms with Crippen LogP contribution in [0.15, 0.2) is 53.4 Å². The van der Waals surface area contributed by atoms with Gasteiger partial charge >= 0.3 is 0 Å². The number of thioether (sulfide) groups is 1. The number of thiocarbonyl (C=S) groups is 1. The Labute approximate surface area is 156 Å². The summed E-state index contributed by atoms with van der Waals surface area (Å²) in [6.07, 6.45) is 1.85. The van der Waals surface area contributed by atoms with Gasteiger partial charge in [0.25, 0.3) is 5.91 Å². The molecule has 1 aliphatic rings. The van der Waals surface area contributed by atoms with E-state index in [1.165, 1.54) is 11.8 Å². The minimum absolute atomic E-state index is 0.0778. The van der Waals surface area contributed by atoms with Crippen molar-refractivity contribution in [1.82, 2.24) is 4.90 Å². The Morgan fingerprint density at radius 3 is 2.68 bits per heavy atom. The van der Waals surface area contributed by atoms with Crippen molar-refractivity contribution in [1.29, 1.82) is 0 Å². The number of rotatable bonds is 5. The summed E-state index contributed by atoms with van der Waals surface area (Å²) in [6, 6.07) is 15.6. The molecule has 0 saturated carbocycles. The Morgan fingerprint density at radius 1 is 1.24 bits per heavy atom. The number of benzene rings is 2. The zero-order valence-corrected chi connectivity index (χ0v) is 15.6. The fourth-order valence-corrected chi connectivity index (χ4v) is 3.67. The summed E-state index contributed by atoms with van der Waals surface area (Å²) in [6.45, 7) is 2.39. The van der Waals surface area contributed by atoms with Crippen molar-refractivity contribution in [2.24, 2.45) is 0 Å². The van der Waals surface area contributed by atoms with Crippen LogP contribution in [0.25, 0.3) is 6.08 Å². The number of nitrogens with one attached hydrogen (secondary N) is 1. The number of hydrogen-bond donors (Lipinski definition) is 1. The van der Waals surface area contributed by atoms with Crippen LogP contribution in [0.1, 0.15) is 11.1 Å². The van der Waals surface area contributed by atoms with Crippen molar-refractivity contribution < 1.29 is 9.53 Å². The summed E-state index contributed by atoms with van der Waals surface area (Å²) in [4.78, 5) is 14.8. The van der Waals surface area contributed by atoms with E-state index in [0.717, 1.165) is 22.6 Å². The monoisotopic (exact) mass is 370 g/mol. The maximum atomic E-state index is 12.6. The second-order valence-corrected chi connectivity index (χ2v) is 7.26. The molecular weight excluding hydrogens is 352 g/mol. The van der Waals surface area contributed by atoms with Gasteiger partial charge < -0.3 is 10.1 Å². The lowest BCUT2D eigenvalue weighted by atomic mass is 10.2. The fraction of sp³-hybridized carbons (Fsp3) is 0.158. The van der Waals surface area contributed by atoms with E-state index < -0.39 is 0 Å². The van der Waals surface area contributed by atoms with Crippen LogP contribution in [0, 0.1) is 6.92 Å². The average Bonchev–Trinajstić information content (AvgIpc) is 2.87. The van der Waals surface area contributed by atoms with Crippen molar-refractivity contribution in [2.75, 3.05) is 19.1 Å². The third-order valence-electron chi connectivity index (χ3n) is 3.75. The highest BCUT2D eigenvalue weighted by atomic mass is 32.2. The average molecular weight is 370 g/mol. The number of ether oxygens (including phenoxy) is 1. The molecule has 4 nitrogen and oxygen atoms in total. The van der Waals surface area contributed by atoms with E-state index in [1.807, 2.05) is 61.5 Å². The van der Waals surface area contributed by atoms with Gasteiger partial charge in [-0.05, 0) is 48.4 Å². The molecule has 128 valence electrons. The molecule has 0 aromatic heterocycles. The van der Waals surface area contributed by atoms with Gasteiger partial charge in [0.15, 0.2) is 0 Å². The molecule has 1 saturated heterocycles. The highest BCUT2D eigenvalue weighted by Gasteiger charge is 2.31. The minimum atomic E-state index is -0.0778. The molecule has 1 heterocycles. The van der Waals surface area contributed by atoms with Crippen LogP contribution in [-0.4, -0.2) is 28.9 Å². The largest absolute Gasteiger partial charge is 0.497 e. The third-order valence-corrected chi connectivity index (χ3v) is 5.12. The molecule has 1 fully saturated rings. The molecule has 0 bridgehead atoms. The Hall–Kier alpha value is -2.31. The molecule has 0 radical (unpaired) electrons. The number of aryl methyl sites for hydroxylation is 1. The van der Waals surface area contributed by atoms with Gasteiger partial charge in [-0.1, -0.05) is 48.2 Å². The van der Waals surface area contributed by atoms with Crippen molar-refractivity contribution in [3.8, 4) is 5.75 Å². The standard InChI is InChI=1S/C19H18N2O2S2/c1-13-4-3-5-15(10-13)20-12-21-18(22)17(25-19(21)24)11-14-6-8-16(23-2)9-7-14/h3-11,20H,12H2,1-2H3/b17-11-. The first-order valence-corrected chi connectivity index (χ1v) is 8.99. The normalized spacial score (nSPS) is 15.8. The first-order valence-electron chi connectivity index (χ1n) is 7.77. The van der Waals surface area contributed by atoms with Crippen LogP contribution >= 0.6 is 24.0 Å². The van der Waals surface area contributed by atoms with E-state index >= 15 is 0 Å². The molecule has 2 aromatic rings. The second kappa shape index (κ2) is 7.72. The Kier molecular flexibility index (Phi) is 5.40. The molecule has 2 aromatic carbocycles. The number of carbonyl (C=O) groups excluding carboxylic acids is 1. The molecule has 6 heteroatoms. The molecule has 25 heavy (non-hydrogen) atoms. The Morgan fingerprint density at radius 2 is 2.00 bits per heavy atom. The van der Waals surface area contributed by atoms with E-state index in [0.29, 0.717) is 15.9 Å². The summed E-state index contributed by atoms with van der Waals surface area (Å²) < 4.78 is 5.71. The van der Waals surface area contributed by atoms with Gasteiger partial charge in [0.2, 0.25) is 0 Å². The molecule has 1 amide bonds. The smallest absolute Gasteiger partial charge is 0.267 e. The van der Waals surface area contributed by atoms with Crippen molar-refractivity contribution in [3.63, 3.8) is 0 Å². The molecule has 1 aliphatic heterocycles. The lowest BCUT2D eigenvalue weighted by Crippen LogP contribution is -2.33. The lowest BCUT2D eigenvalue weighted by molar-refractivity contribution is -0.121. The first-order chi connectivity index (χ1) is 12.1. The first kappa shape index (κ1) is 17.5. The Balaban J connectivity index is 1.69. The summed E-state index contributed by atoms with van der Waals surface area (Å²) in [5, 5.41) is 3.25. The van der Waals surface area contributed by atoms with Crippen LogP contribution in [0.4, 0.5) is 5.69 Å². The van der Waals surface area contributed by atoms with E-state index in [9.17, 15) is 4.79 Å². The highest BCUT2D eigenvalue weighted by Crippen LogP contribution is 2.32. The number of methoxy groups -OCH3 is 1. The fourth-order valence-electron chi connectivity index (χ4n) is 2.41. The summed E-state index contributed by atoms with van der Waals surface area (Å²) >= 11 is 6.68. The van der Waals surface area contributed by atoms with Crippen LogP contribution < -0.4 is 10.1 Å². The number of anilines is 1. The van der Waals surface area contributed by atoms with Gasteiger partial charge in [-0.2, -0.15) is 0 Å². The van der Waals surface area contributed by atoms with Gasteiger partial charge in [-0.15, -0.1) is 0 Å². The summed E-state index contributed by atoms with van der Waals surface area (Å²) in [5.41, 5.74) is 3.07. The predicted molar refractivity (Wildman–Crippen MR) is 108 cm³/mol. The maximum absolute atomic E-state index is 12.6. The van der Waals surface area contributed by atoms with E-state index in [-0.39, 0.29) is 5.91 Å². The number of hydrogen-bond acceptors (Lipinski definition) is 5. The summed E-state index contributed by atoms with van der Waals surface area (Å²) in [7, 11) is 1.63. The number of amides is 1. The van der Waals surface area contributed by atoms with Gasteiger partial charge in [0, 0.05) is 5.69 Å². The van der Waals surface area contributed by atoms with Crippen LogP contribution in [0.2, 0.25) is 0 Å². The molecule has 3 rings (SSSR count). The topological polar surface area (TPSA) is 41.6 Å². The van der Waals surface area contributed by atoms with Crippen LogP contribution in [0.3, 0.4) is 0 Å². The van der Waals surface area contributed by atoms with Gasteiger partial charge in [-0.25, -0.2) is 0 Å². The van der Waals surface area contributed by atoms with Crippen molar-refractivity contribution in [3.05, 3.63) is 64.6 Å². The van der Waals surface area contributed by atoms with Crippen LogP contribution in [-0.2, 0) is 4.79 Å². The second-order valence-electron chi connectivity index (χ2n) is 5.59. The maximum Gasteiger partial charge on any atom is 0.267 e. The van der Waals surface area contributed by atoms with E-state index in [4.69, 9.17) is 17.0 Å². The van der Waals surface area contributed by atoms with Crippen LogP contribution in [0.5, 0.6) is 5.75 Å². The van der Waals surface area contributed by atoms with Gasteiger partial charge in [-0.3, -0.25) is 9.69 Å². The quantitative estimate of drug-likeness (QED) is 0.629. The third kappa shape index (κ3) is 4.21. The van der Waals surface area contributed by atoms with E-state index in [2.05, 4.69) is 5.32 Å². The van der Waals surface area contributed by atoms with Gasteiger partial charge in [0.05, 0.1) is 18.7 Å². The molecule has 0 atom stereocenters. The van der Waals surface area contributed by atoms with Crippen molar-refractivity contribution >= 4 is 46.0 Å². The molecule has 0 aliphatic carbocycles. The predicted octanol–water partition coefficient (Wildman–Crippen LogP) is 4.27. The molecule has 1 N–H and O–H groups in total. The molecular formula is C19H18N2O2S2. The Bertz CT molecular complexity index is 832. The van der Waals surface area contributed by atoms with E-state index in [1.54, 1.807) is 12.0 Å². The zero-order chi connectivity index (χ0) is 17.8. The number of carbonyl (C=O) groups is 1. The summed E-state index contributed by atoms with van der Waals surface area (Å²) in [5.74, 6) is 0.707. The number of nitrogens with zero attached hydrogens (tertiary/aromatic N) is 1. The molecule has 0 unspecified atom stereocenters. The van der Waals surface area contributed by atoms with Crippen molar-refractivity contribution in [2.45, 2.75) is 6.92 Å². The SMILES string of the molecule is COc1ccc(/C=C2\SC(=S)N(CNc3cccc(C)c3)C2=O)cc1. The zero-order valence-electron chi connectivity index (χ0n) is 14.0. The molecule has 0 spiro atoms. The highest BCUT2D eigenvalue weighted by molar-refractivity contribution is 8.26. The van der Waals surface area contributed by atoms with Gasteiger partial charge in [0.1, 0.15) is 10.1 Å².